The second-order valence-electron chi connectivity index (χ2n) is 4.62. The minimum Gasteiger partial charge on any atom is -0.322 e. The molecule has 0 saturated heterocycles. The van der Waals surface area contributed by atoms with Crippen LogP contribution in [-0.4, -0.2) is 20.6 Å². The first-order chi connectivity index (χ1) is 9.36. The number of hydrogen-bond donors (Lipinski definition) is 1. The van der Waals surface area contributed by atoms with Gasteiger partial charge in [0.15, 0.2) is 9.84 Å². The molecule has 2 rings (SSSR count). The van der Waals surface area contributed by atoms with Gasteiger partial charge >= 0.3 is 0 Å². The Morgan fingerprint density at radius 3 is 2.30 bits per heavy atom. The zero-order chi connectivity index (χ0) is 14.8. The molecule has 1 N–H and O–H groups in total. The van der Waals surface area contributed by atoms with E-state index < -0.39 is 9.84 Å². The second kappa shape index (κ2) is 5.46. The third kappa shape index (κ3) is 3.45. The van der Waals surface area contributed by atoms with E-state index in [0.717, 1.165) is 11.8 Å². The van der Waals surface area contributed by atoms with Gasteiger partial charge in [0.2, 0.25) is 0 Å². The summed E-state index contributed by atoms with van der Waals surface area (Å²) in [6.07, 6.45) is 1.13. The first-order valence-electron chi connectivity index (χ1n) is 6.04. The van der Waals surface area contributed by atoms with E-state index in [9.17, 15) is 13.2 Å². The van der Waals surface area contributed by atoms with Gasteiger partial charge in [-0.25, -0.2) is 8.42 Å². The van der Waals surface area contributed by atoms with Crippen molar-refractivity contribution in [2.45, 2.75) is 11.8 Å². The maximum Gasteiger partial charge on any atom is 0.255 e. The third-order valence-electron chi connectivity index (χ3n) is 2.83. The van der Waals surface area contributed by atoms with Gasteiger partial charge in [0.05, 0.1) is 4.90 Å². The highest BCUT2D eigenvalue weighted by Crippen LogP contribution is 2.16. The topological polar surface area (TPSA) is 63.2 Å². The quantitative estimate of drug-likeness (QED) is 0.944. The van der Waals surface area contributed by atoms with Crippen LogP contribution in [0.25, 0.3) is 0 Å². The summed E-state index contributed by atoms with van der Waals surface area (Å²) in [5, 5.41) is 2.69. The molecular weight excluding hydrogens is 274 g/mol. The van der Waals surface area contributed by atoms with Gasteiger partial charge in [-0.15, -0.1) is 0 Å². The highest BCUT2D eigenvalue weighted by molar-refractivity contribution is 7.90. The molecule has 0 aromatic heterocycles. The van der Waals surface area contributed by atoms with Crippen LogP contribution in [0.15, 0.2) is 53.4 Å². The minimum atomic E-state index is -3.28. The van der Waals surface area contributed by atoms with E-state index in [1.165, 1.54) is 12.1 Å². The standard InChI is InChI=1S/C15H15NO3S/c1-11-6-8-12(9-7-11)15(17)16-13-4-3-5-14(10-13)20(2,18)19/h3-10H,1-2H3,(H,16,17). The molecule has 1 amide bonds. The van der Waals surface area contributed by atoms with Crippen molar-refractivity contribution >= 4 is 21.4 Å². The van der Waals surface area contributed by atoms with Crippen molar-refractivity contribution in [3.05, 3.63) is 59.7 Å². The van der Waals surface area contributed by atoms with Crippen LogP contribution >= 0.6 is 0 Å². The van der Waals surface area contributed by atoms with E-state index in [-0.39, 0.29) is 10.8 Å². The first-order valence-corrected chi connectivity index (χ1v) is 7.93. The molecule has 2 aromatic rings. The molecule has 2 aromatic carbocycles. The summed E-state index contributed by atoms with van der Waals surface area (Å²) in [5.41, 5.74) is 2.06. The number of nitrogens with one attached hydrogen (secondary N) is 1. The van der Waals surface area contributed by atoms with E-state index in [0.29, 0.717) is 11.3 Å². The molecule has 4 nitrogen and oxygen atoms in total. The van der Waals surface area contributed by atoms with Crippen molar-refractivity contribution in [3.63, 3.8) is 0 Å². The Morgan fingerprint density at radius 2 is 1.70 bits per heavy atom. The fourth-order valence-electron chi connectivity index (χ4n) is 1.71. The highest BCUT2D eigenvalue weighted by atomic mass is 32.2. The number of hydrogen-bond acceptors (Lipinski definition) is 3. The van der Waals surface area contributed by atoms with Gasteiger partial charge in [-0.2, -0.15) is 0 Å². The fourth-order valence-corrected chi connectivity index (χ4v) is 2.38. The van der Waals surface area contributed by atoms with Crippen LogP contribution in [0.3, 0.4) is 0 Å². The lowest BCUT2D eigenvalue weighted by atomic mass is 10.1. The number of benzene rings is 2. The summed E-state index contributed by atoms with van der Waals surface area (Å²) < 4.78 is 22.9. The molecule has 0 aliphatic rings. The molecule has 104 valence electrons. The Hall–Kier alpha value is -2.14. The Labute approximate surface area is 118 Å². The van der Waals surface area contributed by atoms with Gasteiger partial charge in [0.1, 0.15) is 0 Å². The summed E-state index contributed by atoms with van der Waals surface area (Å²) in [6.45, 7) is 1.94. The number of sulfone groups is 1. The van der Waals surface area contributed by atoms with Gasteiger partial charge in [-0.1, -0.05) is 23.8 Å². The van der Waals surface area contributed by atoms with Crippen LogP contribution in [0.4, 0.5) is 5.69 Å². The van der Waals surface area contributed by atoms with Gasteiger partial charge in [0, 0.05) is 17.5 Å². The van der Waals surface area contributed by atoms with E-state index in [1.807, 2.05) is 19.1 Å². The molecule has 0 spiro atoms. The maximum atomic E-state index is 12.0. The van der Waals surface area contributed by atoms with Crippen LogP contribution in [-0.2, 0) is 9.84 Å². The molecule has 0 atom stereocenters. The average molecular weight is 289 g/mol. The minimum absolute atomic E-state index is 0.180. The Bertz CT molecular complexity index is 734. The smallest absolute Gasteiger partial charge is 0.255 e. The molecule has 0 radical (unpaired) electrons. The molecule has 0 heterocycles. The predicted octanol–water partition coefficient (Wildman–Crippen LogP) is 2.65. The first kappa shape index (κ1) is 14.3. The van der Waals surface area contributed by atoms with Crippen molar-refractivity contribution in [3.8, 4) is 0 Å². The molecule has 0 fully saturated rings. The highest BCUT2D eigenvalue weighted by Gasteiger charge is 2.10. The Balaban J connectivity index is 2.22. The molecule has 0 unspecified atom stereocenters. The molecule has 20 heavy (non-hydrogen) atoms. The summed E-state index contributed by atoms with van der Waals surface area (Å²) in [4.78, 5) is 12.2. The number of carbonyl (C=O) groups excluding carboxylic acids is 1. The third-order valence-corrected chi connectivity index (χ3v) is 3.94. The monoisotopic (exact) mass is 289 g/mol. The van der Waals surface area contributed by atoms with E-state index in [1.54, 1.807) is 24.3 Å². The zero-order valence-electron chi connectivity index (χ0n) is 11.3. The number of amides is 1. The summed E-state index contributed by atoms with van der Waals surface area (Å²) >= 11 is 0. The summed E-state index contributed by atoms with van der Waals surface area (Å²) in [6, 6.07) is 13.3. The number of anilines is 1. The number of carbonyl (C=O) groups is 1. The van der Waals surface area contributed by atoms with Crippen molar-refractivity contribution in [2.24, 2.45) is 0 Å². The van der Waals surface area contributed by atoms with E-state index >= 15 is 0 Å². The molecular formula is C15H15NO3S. The van der Waals surface area contributed by atoms with Crippen molar-refractivity contribution in [2.75, 3.05) is 11.6 Å². The van der Waals surface area contributed by atoms with Crippen molar-refractivity contribution < 1.29 is 13.2 Å². The molecule has 0 aliphatic carbocycles. The second-order valence-corrected chi connectivity index (χ2v) is 6.64. The van der Waals surface area contributed by atoms with Crippen LogP contribution in [0.2, 0.25) is 0 Å². The molecule has 0 bridgehead atoms. The summed E-state index contributed by atoms with van der Waals surface area (Å²) in [7, 11) is -3.28. The van der Waals surface area contributed by atoms with Crippen molar-refractivity contribution in [1.29, 1.82) is 0 Å². The van der Waals surface area contributed by atoms with Crippen LogP contribution in [0.1, 0.15) is 15.9 Å². The van der Waals surface area contributed by atoms with Crippen molar-refractivity contribution in [1.82, 2.24) is 0 Å². The Morgan fingerprint density at radius 1 is 1.05 bits per heavy atom. The van der Waals surface area contributed by atoms with E-state index in [2.05, 4.69) is 5.32 Å². The lowest BCUT2D eigenvalue weighted by molar-refractivity contribution is 0.102. The normalized spacial score (nSPS) is 11.1. The van der Waals surface area contributed by atoms with Crippen LogP contribution in [0, 0.1) is 6.92 Å². The fraction of sp³-hybridized carbons (Fsp3) is 0.133. The lowest BCUT2D eigenvalue weighted by Gasteiger charge is -2.07. The number of aryl methyl sites for hydroxylation is 1. The molecule has 0 aliphatic heterocycles. The predicted molar refractivity (Wildman–Crippen MR) is 78.7 cm³/mol. The lowest BCUT2D eigenvalue weighted by Crippen LogP contribution is -2.12. The van der Waals surface area contributed by atoms with Gasteiger partial charge in [0.25, 0.3) is 5.91 Å². The van der Waals surface area contributed by atoms with Crippen LogP contribution < -0.4 is 5.32 Å². The van der Waals surface area contributed by atoms with Gasteiger partial charge in [-0.3, -0.25) is 4.79 Å². The van der Waals surface area contributed by atoms with E-state index in [4.69, 9.17) is 0 Å². The maximum absolute atomic E-state index is 12.0. The van der Waals surface area contributed by atoms with Gasteiger partial charge < -0.3 is 5.32 Å². The number of rotatable bonds is 3. The molecule has 0 saturated carbocycles. The van der Waals surface area contributed by atoms with Gasteiger partial charge in [-0.05, 0) is 37.3 Å². The summed E-state index contributed by atoms with van der Waals surface area (Å²) in [5.74, 6) is -0.268. The van der Waals surface area contributed by atoms with Crippen LogP contribution in [0.5, 0.6) is 0 Å². The molecule has 5 heteroatoms. The SMILES string of the molecule is Cc1ccc(C(=O)Nc2cccc(S(C)(=O)=O)c2)cc1. The average Bonchev–Trinajstić information content (AvgIpc) is 2.38. The largest absolute Gasteiger partial charge is 0.322 e. The zero-order valence-corrected chi connectivity index (χ0v) is 12.1. The Kier molecular flexibility index (Phi) is 3.90.